The van der Waals surface area contributed by atoms with Gasteiger partial charge >= 0.3 is 0 Å². The van der Waals surface area contributed by atoms with Crippen LogP contribution in [0.4, 0.5) is 5.69 Å². The van der Waals surface area contributed by atoms with Gasteiger partial charge in [0.15, 0.2) is 0 Å². The molecule has 0 radical (unpaired) electrons. The third kappa shape index (κ3) is 2.19. The van der Waals surface area contributed by atoms with Crippen LogP contribution in [0.25, 0.3) is 10.9 Å². The van der Waals surface area contributed by atoms with Gasteiger partial charge in [0.25, 0.3) is 0 Å². The number of amides is 2. The fourth-order valence-electron chi connectivity index (χ4n) is 2.11. The van der Waals surface area contributed by atoms with Crippen molar-refractivity contribution in [2.45, 2.75) is 0 Å². The van der Waals surface area contributed by atoms with Gasteiger partial charge in [-0.2, -0.15) is 0 Å². The van der Waals surface area contributed by atoms with Crippen LogP contribution in [0.1, 0.15) is 0 Å². The summed E-state index contributed by atoms with van der Waals surface area (Å²) in [6.45, 7) is 0.0709. The lowest BCUT2D eigenvalue weighted by Crippen LogP contribution is -2.51. The number of fused-ring (bicyclic) bond motifs is 1. The molecule has 1 saturated heterocycles. The number of nitrogens with one attached hydrogen (secondary N) is 1. The number of para-hydroxylation sites is 1. The Kier molecular flexibility index (Phi) is 2.94. The largest absolute Gasteiger partial charge is 0.345 e. The number of pyridine rings is 1. The van der Waals surface area contributed by atoms with E-state index in [2.05, 4.69) is 26.2 Å². The van der Waals surface area contributed by atoms with Gasteiger partial charge in [-0.25, -0.2) is 0 Å². The van der Waals surface area contributed by atoms with E-state index in [1.54, 1.807) is 12.3 Å². The third-order valence-corrected chi connectivity index (χ3v) is 3.42. The number of nitrogens with zero attached hydrogens (tertiary/aromatic N) is 2. The summed E-state index contributed by atoms with van der Waals surface area (Å²) in [6.07, 6.45) is 1.68. The number of halogens is 1. The monoisotopic (exact) mass is 319 g/mol. The highest BCUT2D eigenvalue weighted by Gasteiger charge is 2.25. The zero-order valence-corrected chi connectivity index (χ0v) is 11.5. The molecular weight excluding hydrogens is 310 g/mol. The van der Waals surface area contributed by atoms with E-state index in [1.165, 1.54) is 4.90 Å². The Morgan fingerprint density at radius 2 is 2.16 bits per heavy atom. The molecule has 96 valence electrons. The van der Waals surface area contributed by atoms with Crippen LogP contribution in [0.3, 0.4) is 0 Å². The van der Waals surface area contributed by atoms with Gasteiger partial charge in [0, 0.05) is 16.1 Å². The number of anilines is 1. The van der Waals surface area contributed by atoms with Crippen molar-refractivity contribution < 1.29 is 9.59 Å². The van der Waals surface area contributed by atoms with Crippen LogP contribution in [0.5, 0.6) is 0 Å². The topological polar surface area (TPSA) is 62.3 Å². The molecule has 1 N–H and O–H groups in total. The Morgan fingerprint density at radius 3 is 3.00 bits per heavy atom. The van der Waals surface area contributed by atoms with Crippen molar-refractivity contribution >= 4 is 44.3 Å². The molecule has 0 saturated carbocycles. The average Bonchev–Trinajstić information content (AvgIpc) is 2.40. The first-order chi connectivity index (χ1) is 9.15. The minimum absolute atomic E-state index is 0.0335. The van der Waals surface area contributed by atoms with Gasteiger partial charge in [-0.05, 0) is 28.1 Å². The van der Waals surface area contributed by atoms with Crippen molar-refractivity contribution in [2.75, 3.05) is 18.0 Å². The maximum atomic E-state index is 11.9. The molecule has 1 aromatic heterocycles. The van der Waals surface area contributed by atoms with E-state index >= 15 is 0 Å². The van der Waals surface area contributed by atoms with Crippen LogP contribution >= 0.6 is 15.9 Å². The van der Waals surface area contributed by atoms with Crippen molar-refractivity contribution in [3.05, 3.63) is 34.9 Å². The van der Waals surface area contributed by atoms with E-state index in [9.17, 15) is 9.59 Å². The highest BCUT2D eigenvalue weighted by atomic mass is 79.9. The predicted molar refractivity (Wildman–Crippen MR) is 74.8 cm³/mol. The SMILES string of the molecule is O=C1CN(c2cccc3cc(Br)cnc23)C(=O)CN1. The zero-order valence-electron chi connectivity index (χ0n) is 9.89. The van der Waals surface area contributed by atoms with E-state index < -0.39 is 0 Å². The summed E-state index contributed by atoms with van der Waals surface area (Å²) in [5, 5.41) is 3.45. The van der Waals surface area contributed by atoms with Gasteiger partial charge < -0.3 is 5.32 Å². The van der Waals surface area contributed by atoms with Crippen LogP contribution < -0.4 is 10.2 Å². The number of piperazine rings is 1. The summed E-state index contributed by atoms with van der Waals surface area (Å²) in [7, 11) is 0. The number of hydrogen-bond acceptors (Lipinski definition) is 3. The van der Waals surface area contributed by atoms with E-state index in [-0.39, 0.29) is 24.9 Å². The second-order valence-corrected chi connectivity index (χ2v) is 5.17. The summed E-state index contributed by atoms with van der Waals surface area (Å²) < 4.78 is 0.875. The standard InChI is InChI=1S/C13H10BrN3O2/c14-9-4-8-2-1-3-10(13(8)16-5-9)17-7-11(18)15-6-12(17)19/h1-5H,6-7H2,(H,15,18). The molecule has 2 amide bonds. The van der Waals surface area contributed by atoms with Crippen LogP contribution in [0, 0.1) is 0 Å². The molecule has 1 fully saturated rings. The Labute approximate surface area is 117 Å². The molecule has 0 atom stereocenters. The van der Waals surface area contributed by atoms with Crippen LogP contribution in [0.2, 0.25) is 0 Å². The second kappa shape index (κ2) is 4.62. The normalized spacial score (nSPS) is 15.7. The molecule has 19 heavy (non-hydrogen) atoms. The Hall–Kier alpha value is -1.95. The molecule has 1 aromatic carbocycles. The number of aromatic nitrogens is 1. The Bertz CT molecular complexity index is 687. The molecule has 3 rings (SSSR count). The van der Waals surface area contributed by atoms with E-state index in [4.69, 9.17) is 0 Å². The molecule has 1 aliphatic rings. The fraction of sp³-hybridized carbons (Fsp3) is 0.154. The van der Waals surface area contributed by atoms with Gasteiger partial charge in [0.05, 0.1) is 17.7 Å². The Balaban J connectivity index is 2.14. The molecule has 2 heterocycles. The van der Waals surface area contributed by atoms with Crippen molar-refractivity contribution in [1.82, 2.24) is 10.3 Å². The summed E-state index contributed by atoms with van der Waals surface area (Å²) in [4.78, 5) is 29.2. The average molecular weight is 320 g/mol. The minimum Gasteiger partial charge on any atom is -0.345 e. The first-order valence-corrected chi connectivity index (χ1v) is 6.56. The first-order valence-electron chi connectivity index (χ1n) is 5.76. The van der Waals surface area contributed by atoms with Gasteiger partial charge in [-0.3, -0.25) is 19.5 Å². The lowest BCUT2D eigenvalue weighted by molar-refractivity contribution is -0.128. The molecule has 6 heteroatoms. The molecule has 2 aromatic rings. The fourth-order valence-corrected chi connectivity index (χ4v) is 2.46. The summed E-state index contributed by atoms with van der Waals surface area (Å²) in [5.41, 5.74) is 1.39. The van der Waals surface area contributed by atoms with Crippen LogP contribution in [0.15, 0.2) is 34.9 Å². The summed E-state index contributed by atoms with van der Waals surface area (Å²) >= 11 is 3.37. The first kappa shape index (κ1) is 12.1. The summed E-state index contributed by atoms with van der Waals surface area (Å²) in [6, 6.07) is 7.51. The third-order valence-electron chi connectivity index (χ3n) is 2.99. The van der Waals surface area contributed by atoms with Crippen molar-refractivity contribution in [2.24, 2.45) is 0 Å². The molecule has 1 aliphatic heterocycles. The van der Waals surface area contributed by atoms with Crippen LogP contribution in [-0.4, -0.2) is 29.9 Å². The highest BCUT2D eigenvalue weighted by Crippen LogP contribution is 2.27. The zero-order chi connectivity index (χ0) is 13.4. The van der Waals surface area contributed by atoms with E-state index in [0.717, 1.165) is 9.86 Å². The highest BCUT2D eigenvalue weighted by molar-refractivity contribution is 9.10. The van der Waals surface area contributed by atoms with Crippen LogP contribution in [-0.2, 0) is 9.59 Å². The lowest BCUT2D eigenvalue weighted by atomic mass is 10.1. The smallest absolute Gasteiger partial charge is 0.246 e. The van der Waals surface area contributed by atoms with Gasteiger partial charge in [0.1, 0.15) is 6.54 Å². The minimum atomic E-state index is -0.159. The number of benzene rings is 1. The van der Waals surface area contributed by atoms with Gasteiger partial charge in [-0.15, -0.1) is 0 Å². The lowest BCUT2D eigenvalue weighted by Gasteiger charge is -2.27. The molecule has 0 spiro atoms. The van der Waals surface area contributed by atoms with Gasteiger partial charge in [0.2, 0.25) is 11.8 Å². The van der Waals surface area contributed by atoms with E-state index in [0.29, 0.717) is 11.2 Å². The Morgan fingerprint density at radius 1 is 1.32 bits per heavy atom. The maximum absolute atomic E-state index is 11.9. The van der Waals surface area contributed by atoms with Crippen molar-refractivity contribution in [3.63, 3.8) is 0 Å². The molecule has 0 aliphatic carbocycles. The maximum Gasteiger partial charge on any atom is 0.246 e. The molecule has 0 unspecified atom stereocenters. The molecule has 0 bridgehead atoms. The predicted octanol–water partition coefficient (Wildman–Crippen LogP) is 1.46. The van der Waals surface area contributed by atoms with Gasteiger partial charge in [-0.1, -0.05) is 12.1 Å². The second-order valence-electron chi connectivity index (χ2n) is 4.26. The number of carbonyl (C=O) groups excluding carboxylic acids is 2. The molecule has 5 nitrogen and oxygen atoms in total. The molecular formula is C13H10BrN3O2. The van der Waals surface area contributed by atoms with Crippen molar-refractivity contribution in [1.29, 1.82) is 0 Å². The summed E-state index contributed by atoms with van der Waals surface area (Å²) in [5.74, 6) is -0.287. The number of hydrogen-bond donors (Lipinski definition) is 1. The number of rotatable bonds is 1. The quantitative estimate of drug-likeness (QED) is 0.865. The van der Waals surface area contributed by atoms with Crippen molar-refractivity contribution in [3.8, 4) is 0 Å². The van der Waals surface area contributed by atoms with E-state index in [1.807, 2.05) is 18.2 Å². The number of carbonyl (C=O) groups is 2.